The van der Waals surface area contributed by atoms with E-state index in [0.717, 1.165) is 37.4 Å². The van der Waals surface area contributed by atoms with Gasteiger partial charge >= 0.3 is 0 Å². The Morgan fingerprint density at radius 1 is 1.07 bits per heavy atom. The molecule has 0 saturated carbocycles. The SMILES string of the molecule is I.NC(=NCc1ccc([N+](=O)[O-])cc1)N1CCN(c2ccc(F)cc2)CC1. The van der Waals surface area contributed by atoms with Gasteiger partial charge in [0.1, 0.15) is 5.82 Å². The van der Waals surface area contributed by atoms with E-state index in [4.69, 9.17) is 5.73 Å². The maximum atomic E-state index is 13.0. The highest BCUT2D eigenvalue weighted by Gasteiger charge is 2.18. The van der Waals surface area contributed by atoms with Gasteiger partial charge in [-0.3, -0.25) is 10.1 Å². The van der Waals surface area contributed by atoms with Crippen LogP contribution in [0, 0.1) is 15.9 Å². The molecule has 3 rings (SSSR count). The van der Waals surface area contributed by atoms with Crippen molar-refractivity contribution in [1.29, 1.82) is 0 Å². The summed E-state index contributed by atoms with van der Waals surface area (Å²) in [7, 11) is 0. The van der Waals surface area contributed by atoms with E-state index in [0.29, 0.717) is 12.5 Å². The van der Waals surface area contributed by atoms with E-state index in [2.05, 4.69) is 9.89 Å². The van der Waals surface area contributed by atoms with Crippen LogP contribution in [0.5, 0.6) is 0 Å². The number of nitrogens with two attached hydrogens (primary N) is 1. The lowest BCUT2D eigenvalue weighted by Crippen LogP contribution is -2.51. The van der Waals surface area contributed by atoms with Gasteiger partial charge in [-0.25, -0.2) is 9.38 Å². The fourth-order valence-electron chi connectivity index (χ4n) is 2.84. The number of nitro benzene ring substituents is 1. The van der Waals surface area contributed by atoms with Gasteiger partial charge < -0.3 is 15.5 Å². The monoisotopic (exact) mass is 485 g/mol. The number of guanidine groups is 1. The minimum atomic E-state index is -0.429. The van der Waals surface area contributed by atoms with Crippen molar-refractivity contribution >= 4 is 41.3 Å². The van der Waals surface area contributed by atoms with Gasteiger partial charge in [0.15, 0.2) is 5.96 Å². The van der Waals surface area contributed by atoms with E-state index >= 15 is 0 Å². The smallest absolute Gasteiger partial charge is 0.269 e. The molecule has 9 heteroatoms. The molecule has 0 spiro atoms. The van der Waals surface area contributed by atoms with Crippen LogP contribution in [-0.4, -0.2) is 42.0 Å². The van der Waals surface area contributed by atoms with Gasteiger partial charge in [-0.1, -0.05) is 12.1 Å². The molecule has 2 N–H and O–H groups in total. The number of anilines is 1. The molecule has 0 unspecified atom stereocenters. The first kappa shape index (κ1) is 20.9. The number of nitro groups is 1. The van der Waals surface area contributed by atoms with E-state index in [9.17, 15) is 14.5 Å². The predicted molar refractivity (Wildman–Crippen MR) is 114 cm³/mol. The number of benzene rings is 2. The first-order valence-electron chi connectivity index (χ1n) is 8.31. The van der Waals surface area contributed by atoms with E-state index in [1.807, 2.05) is 4.90 Å². The van der Waals surface area contributed by atoms with Crippen LogP contribution in [0.2, 0.25) is 0 Å². The third-order valence-corrected chi connectivity index (χ3v) is 4.37. The summed E-state index contributed by atoms with van der Waals surface area (Å²) in [6.45, 7) is 3.39. The molecule has 1 fully saturated rings. The molecule has 0 aliphatic carbocycles. The molecule has 0 aromatic heterocycles. The highest BCUT2D eigenvalue weighted by atomic mass is 127. The zero-order valence-electron chi connectivity index (χ0n) is 14.6. The Morgan fingerprint density at radius 3 is 2.22 bits per heavy atom. The number of piperazine rings is 1. The Hall–Kier alpha value is -2.43. The van der Waals surface area contributed by atoms with Crippen molar-refractivity contribution in [3.05, 3.63) is 70.0 Å². The van der Waals surface area contributed by atoms with Crippen LogP contribution in [0.4, 0.5) is 15.8 Å². The maximum absolute atomic E-state index is 13.0. The summed E-state index contributed by atoms with van der Waals surface area (Å²) in [5.74, 6) is 0.220. The summed E-state index contributed by atoms with van der Waals surface area (Å²) in [5.41, 5.74) is 7.99. The molecule has 2 aromatic rings. The molecular weight excluding hydrogens is 464 g/mol. The van der Waals surface area contributed by atoms with E-state index in [1.165, 1.54) is 24.3 Å². The second-order valence-electron chi connectivity index (χ2n) is 6.05. The fraction of sp³-hybridized carbons (Fsp3) is 0.278. The lowest BCUT2D eigenvalue weighted by molar-refractivity contribution is -0.384. The zero-order chi connectivity index (χ0) is 18.5. The van der Waals surface area contributed by atoms with Crippen molar-refractivity contribution in [2.75, 3.05) is 31.1 Å². The van der Waals surface area contributed by atoms with Crippen molar-refractivity contribution in [2.24, 2.45) is 10.7 Å². The van der Waals surface area contributed by atoms with Gasteiger partial charge in [-0.05, 0) is 29.8 Å². The Morgan fingerprint density at radius 2 is 1.67 bits per heavy atom. The van der Waals surface area contributed by atoms with Crippen molar-refractivity contribution < 1.29 is 9.31 Å². The minimum absolute atomic E-state index is 0. The zero-order valence-corrected chi connectivity index (χ0v) is 17.0. The van der Waals surface area contributed by atoms with Crippen LogP contribution in [0.3, 0.4) is 0 Å². The third-order valence-electron chi connectivity index (χ3n) is 4.37. The number of aliphatic imine (C=N–C) groups is 1. The normalized spacial score (nSPS) is 14.6. The van der Waals surface area contributed by atoms with Crippen LogP contribution in [0.1, 0.15) is 5.56 Å². The van der Waals surface area contributed by atoms with Crippen LogP contribution in [-0.2, 0) is 6.54 Å². The van der Waals surface area contributed by atoms with Crippen molar-refractivity contribution in [1.82, 2.24) is 4.90 Å². The molecule has 0 atom stereocenters. The quantitative estimate of drug-likeness (QED) is 0.237. The van der Waals surface area contributed by atoms with Crippen LogP contribution in [0.25, 0.3) is 0 Å². The molecule has 0 bridgehead atoms. The first-order chi connectivity index (χ1) is 12.5. The summed E-state index contributed by atoms with van der Waals surface area (Å²) in [6.07, 6.45) is 0. The number of nitrogens with zero attached hydrogens (tertiary/aromatic N) is 4. The topological polar surface area (TPSA) is 88.0 Å². The van der Waals surface area contributed by atoms with E-state index in [1.54, 1.807) is 24.3 Å². The van der Waals surface area contributed by atoms with Gasteiger partial charge in [0.25, 0.3) is 5.69 Å². The van der Waals surface area contributed by atoms with Crippen molar-refractivity contribution in [3.63, 3.8) is 0 Å². The number of halogens is 2. The average Bonchev–Trinajstić information content (AvgIpc) is 2.67. The van der Waals surface area contributed by atoms with E-state index in [-0.39, 0.29) is 35.5 Å². The number of rotatable bonds is 4. The Balaban J connectivity index is 0.00000261. The summed E-state index contributed by atoms with van der Waals surface area (Å²) in [6, 6.07) is 12.8. The van der Waals surface area contributed by atoms with Crippen molar-refractivity contribution in [2.45, 2.75) is 6.54 Å². The molecule has 1 aliphatic heterocycles. The number of hydrogen-bond donors (Lipinski definition) is 1. The van der Waals surface area contributed by atoms with Crippen molar-refractivity contribution in [3.8, 4) is 0 Å². The van der Waals surface area contributed by atoms with Gasteiger partial charge in [-0.2, -0.15) is 0 Å². The van der Waals surface area contributed by atoms with E-state index < -0.39 is 4.92 Å². The first-order valence-corrected chi connectivity index (χ1v) is 8.31. The highest BCUT2D eigenvalue weighted by Crippen LogP contribution is 2.17. The Labute approximate surface area is 173 Å². The number of hydrogen-bond acceptors (Lipinski definition) is 4. The molecule has 1 aliphatic rings. The van der Waals surface area contributed by atoms with Gasteiger partial charge in [0.05, 0.1) is 11.5 Å². The molecular formula is C18H21FIN5O2. The number of non-ortho nitro benzene ring substituents is 1. The summed E-state index contributed by atoms with van der Waals surface area (Å²) in [4.78, 5) is 18.8. The standard InChI is InChI=1S/C18H20FN5O2.HI/c19-15-3-7-16(8-4-15)22-9-11-23(12-10-22)18(20)21-13-14-1-5-17(6-2-14)24(25)26;/h1-8H,9-13H2,(H2,20,21);1H. The molecule has 27 heavy (non-hydrogen) atoms. The lowest BCUT2D eigenvalue weighted by Gasteiger charge is -2.36. The largest absolute Gasteiger partial charge is 0.370 e. The molecule has 0 radical (unpaired) electrons. The summed E-state index contributed by atoms with van der Waals surface area (Å²) < 4.78 is 13.0. The molecule has 1 heterocycles. The maximum Gasteiger partial charge on any atom is 0.269 e. The molecule has 144 valence electrons. The van der Waals surface area contributed by atoms with Gasteiger partial charge in [0.2, 0.25) is 0 Å². The highest BCUT2D eigenvalue weighted by molar-refractivity contribution is 14.0. The Kier molecular flexibility index (Phi) is 7.34. The molecule has 0 amide bonds. The average molecular weight is 485 g/mol. The van der Waals surface area contributed by atoms with Gasteiger partial charge in [-0.15, -0.1) is 24.0 Å². The van der Waals surface area contributed by atoms with Crippen LogP contribution >= 0.6 is 24.0 Å². The second kappa shape index (κ2) is 9.49. The molecule has 1 saturated heterocycles. The third kappa shape index (κ3) is 5.52. The summed E-state index contributed by atoms with van der Waals surface area (Å²) >= 11 is 0. The fourth-order valence-corrected chi connectivity index (χ4v) is 2.84. The predicted octanol–water partition coefficient (Wildman–Crippen LogP) is 2.99. The summed E-state index contributed by atoms with van der Waals surface area (Å²) in [5, 5.41) is 10.7. The second-order valence-corrected chi connectivity index (χ2v) is 6.05. The minimum Gasteiger partial charge on any atom is -0.370 e. The lowest BCUT2D eigenvalue weighted by atomic mass is 10.2. The Bertz CT molecular complexity index is 790. The van der Waals surface area contributed by atoms with Crippen LogP contribution < -0.4 is 10.6 Å². The molecule has 7 nitrogen and oxygen atoms in total. The molecule has 2 aromatic carbocycles. The van der Waals surface area contributed by atoms with Gasteiger partial charge in [0, 0.05) is 44.0 Å². The van der Waals surface area contributed by atoms with Crippen LogP contribution in [0.15, 0.2) is 53.5 Å².